The second-order valence-electron chi connectivity index (χ2n) is 6.60. The van der Waals surface area contributed by atoms with Crippen LogP contribution < -0.4 is 4.90 Å². The number of likely N-dealkylation sites (tertiary alicyclic amines) is 1. The van der Waals surface area contributed by atoms with E-state index in [1.165, 1.54) is 17.7 Å². The van der Waals surface area contributed by atoms with Crippen molar-refractivity contribution in [1.82, 2.24) is 9.47 Å². The van der Waals surface area contributed by atoms with Crippen LogP contribution in [0.25, 0.3) is 0 Å². The Morgan fingerprint density at radius 3 is 2.87 bits per heavy atom. The van der Waals surface area contributed by atoms with E-state index in [4.69, 9.17) is 0 Å². The Morgan fingerprint density at radius 1 is 1.17 bits per heavy atom. The molecule has 1 fully saturated rings. The van der Waals surface area contributed by atoms with Gasteiger partial charge in [0.2, 0.25) is 5.91 Å². The lowest BCUT2D eigenvalue weighted by Gasteiger charge is -2.27. The number of carbonyl (C=O) groups is 1. The van der Waals surface area contributed by atoms with E-state index in [9.17, 15) is 4.79 Å². The van der Waals surface area contributed by atoms with E-state index in [0.717, 1.165) is 31.6 Å². The minimum atomic E-state index is 0.232. The van der Waals surface area contributed by atoms with Gasteiger partial charge in [0.15, 0.2) is 0 Å². The molecule has 1 atom stereocenters. The molecule has 3 heterocycles. The molecular formula is C19H23N3O. The standard InChI is InChI=1S/C19H23N3O/c1-20-11-4-8-17(20)18-9-5-12-21(18)14-19(23)22-13-10-15-6-2-3-7-16(15)22/h2-4,6-8,11,18H,5,9-10,12-14H2,1H3/t18-/m0/s1. The molecule has 2 aromatic rings. The van der Waals surface area contributed by atoms with Crippen LogP contribution in [0.3, 0.4) is 0 Å². The summed E-state index contributed by atoms with van der Waals surface area (Å²) >= 11 is 0. The van der Waals surface area contributed by atoms with Crippen molar-refractivity contribution in [2.75, 3.05) is 24.5 Å². The molecule has 1 aromatic heterocycles. The van der Waals surface area contributed by atoms with Crippen molar-refractivity contribution in [2.45, 2.75) is 25.3 Å². The van der Waals surface area contributed by atoms with Gasteiger partial charge in [0.25, 0.3) is 0 Å². The van der Waals surface area contributed by atoms with Gasteiger partial charge in [0.05, 0.1) is 12.6 Å². The van der Waals surface area contributed by atoms with Gasteiger partial charge in [-0.05, 0) is 49.6 Å². The molecule has 0 bridgehead atoms. The third kappa shape index (κ3) is 2.57. The number of carbonyl (C=O) groups excluding carboxylic acids is 1. The summed E-state index contributed by atoms with van der Waals surface area (Å²) in [4.78, 5) is 17.2. The van der Waals surface area contributed by atoms with Crippen LogP contribution in [0.15, 0.2) is 42.6 Å². The quantitative estimate of drug-likeness (QED) is 0.872. The summed E-state index contributed by atoms with van der Waals surface area (Å²) < 4.78 is 2.18. The summed E-state index contributed by atoms with van der Waals surface area (Å²) in [6.07, 6.45) is 5.37. The molecule has 0 N–H and O–H groups in total. The third-order valence-electron chi connectivity index (χ3n) is 5.22. The second kappa shape index (κ2) is 5.85. The van der Waals surface area contributed by atoms with E-state index in [2.05, 4.69) is 53.0 Å². The number of aromatic nitrogens is 1. The van der Waals surface area contributed by atoms with Crippen molar-refractivity contribution in [2.24, 2.45) is 7.05 Å². The maximum absolute atomic E-state index is 12.8. The van der Waals surface area contributed by atoms with Crippen molar-refractivity contribution < 1.29 is 4.79 Å². The number of hydrogen-bond acceptors (Lipinski definition) is 2. The Hall–Kier alpha value is -2.07. The molecule has 0 unspecified atom stereocenters. The zero-order valence-corrected chi connectivity index (χ0v) is 13.6. The molecule has 0 spiro atoms. The van der Waals surface area contributed by atoms with Gasteiger partial charge in [-0.1, -0.05) is 18.2 Å². The van der Waals surface area contributed by atoms with E-state index in [0.29, 0.717) is 12.6 Å². The summed E-state index contributed by atoms with van der Waals surface area (Å²) in [6, 6.07) is 12.9. The Bertz CT molecular complexity index is 721. The molecule has 0 radical (unpaired) electrons. The molecule has 1 saturated heterocycles. The molecule has 2 aliphatic heterocycles. The number of aryl methyl sites for hydroxylation is 1. The highest BCUT2D eigenvalue weighted by Gasteiger charge is 2.32. The Kier molecular flexibility index (Phi) is 3.69. The van der Waals surface area contributed by atoms with Gasteiger partial charge in [0, 0.05) is 31.2 Å². The fraction of sp³-hybridized carbons (Fsp3) is 0.421. The van der Waals surface area contributed by atoms with Crippen molar-refractivity contribution in [3.63, 3.8) is 0 Å². The van der Waals surface area contributed by atoms with Crippen molar-refractivity contribution in [3.05, 3.63) is 53.9 Å². The van der Waals surface area contributed by atoms with Crippen molar-refractivity contribution in [1.29, 1.82) is 0 Å². The smallest absolute Gasteiger partial charge is 0.241 e. The number of para-hydroxylation sites is 1. The predicted octanol–water partition coefficient (Wildman–Crippen LogP) is 2.75. The normalized spacial score (nSPS) is 20.9. The van der Waals surface area contributed by atoms with Gasteiger partial charge in [0.1, 0.15) is 0 Å². The van der Waals surface area contributed by atoms with Crippen LogP contribution in [0, 0.1) is 0 Å². The number of hydrogen-bond donors (Lipinski definition) is 0. The first kappa shape index (κ1) is 14.5. The van der Waals surface area contributed by atoms with Crippen LogP contribution in [0.1, 0.15) is 30.1 Å². The molecule has 0 saturated carbocycles. The summed E-state index contributed by atoms with van der Waals surface area (Å²) in [6.45, 7) is 2.35. The largest absolute Gasteiger partial charge is 0.353 e. The minimum Gasteiger partial charge on any atom is -0.353 e. The van der Waals surface area contributed by atoms with Crippen LogP contribution in [0.2, 0.25) is 0 Å². The van der Waals surface area contributed by atoms with Gasteiger partial charge < -0.3 is 9.47 Å². The summed E-state index contributed by atoms with van der Waals surface area (Å²) in [7, 11) is 2.09. The van der Waals surface area contributed by atoms with E-state index < -0.39 is 0 Å². The molecule has 1 amide bonds. The van der Waals surface area contributed by atoms with E-state index in [1.54, 1.807) is 0 Å². The molecule has 4 nitrogen and oxygen atoms in total. The zero-order chi connectivity index (χ0) is 15.8. The fourth-order valence-corrected chi connectivity index (χ4v) is 4.03. The summed E-state index contributed by atoms with van der Waals surface area (Å²) in [5, 5.41) is 0. The van der Waals surface area contributed by atoms with Crippen LogP contribution >= 0.6 is 0 Å². The number of benzene rings is 1. The SMILES string of the molecule is Cn1cccc1[C@@H]1CCCN1CC(=O)N1CCc2ccccc21. The van der Waals surface area contributed by atoms with Crippen LogP contribution in [0.4, 0.5) is 5.69 Å². The summed E-state index contributed by atoms with van der Waals surface area (Å²) in [5.41, 5.74) is 3.71. The third-order valence-corrected chi connectivity index (χ3v) is 5.22. The number of anilines is 1. The first-order valence-electron chi connectivity index (χ1n) is 8.47. The zero-order valence-electron chi connectivity index (χ0n) is 13.6. The van der Waals surface area contributed by atoms with E-state index in [1.807, 2.05) is 11.0 Å². The topological polar surface area (TPSA) is 28.5 Å². The van der Waals surface area contributed by atoms with Crippen molar-refractivity contribution >= 4 is 11.6 Å². The minimum absolute atomic E-state index is 0.232. The van der Waals surface area contributed by atoms with Gasteiger partial charge in [-0.3, -0.25) is 9.69 Å². The number of rotatable bonds is 3. The first-order chi connectivity index (χ1) is 11.2. The summed E-state index contributed by atoms with van der Waals surface area (Å²) in [5.74, 6) is 0.232. The Labute approximate surface area is 137 Å². The van der Waals surface area contributed by atoms with Crippen LogP contribution in [-0.2, 0) is 18.3 Å². The van der Waals surface area contributed by atoms with Gasteiger partial charge in [-0.15, -0.1) is 0 Å². The monoisotopic (exact) mass is 309 g/mol. The van der Waals surface area contributed by atoms with Gasteiger partial charge in [-0.25, -0.2) is 0 Å². The molecule has 2 aliphatic rings. The van der Waals surface area contributed by atoms with E-state index >= 15 is 0 Å². The molecule has 1 aromatic carbocycles. The van der Waals surface area contributed by atoms with E-state index in [-0.39, 0.29) is 5.91 Å². The lowest BCUT2D eigenvalue weighted by molar-refractivity contribution is -0.119. The highest BCUT2D eigenvalue weighted by Crippen LogP contribution is 2.33. The lowest BCUT2D eigenvalue weighted by atomic mass is 10.1. The van der Waals surface area contributed by atoms with Crippen molar-refractivity contribution in [3.8, 4) is 0 Å². The predicted molar refractivity (Wildman–Crippen MR) is 91.5 cm³/mol. The van der Waals surface area contributed by atoms with Crippen LogP contribution in [0.5, 0.6) is 0 Å². The van der Waals surface area contributed by atoms with Crippen LogP contribution in [-0.4, -0.2) is 35.0 Å². The highest BCUT2D eigenvalue weighted by molar-refractivity contribution is 5.96. The molecule has 23 heavy (non-hydrogen) atoms. The number of nitrogens with zero attached hydrogens (tertiary/aromatic N) is 3. The number of amides is 1. The first-order valence-corrected chi connectivity index (χ1v) is 8.47. The number of fused-ring (bicyclic) bond motifs is 1. The maximum atomic E-state index is 12.8. The fourth-order valence-electron chi connectivity index (χ4n) is 4.03. The lowest BCUT2D eigenvalue weighted by Crippen LogP contribution is -2.39. The van der Waals surface area contributed by atoms with Gasteiger partial charge in [-0.2, -0.15) is 0 Å². The molecular weight excluding hydrogens is 286 g/mol. The molecule has 4 rings (SSSR count). The molecule has 4 heteroatoms. The Balaban J connectivity index is 1.50. The average Bonchev–Trinajstić information content (AvgIpc) is 3.26. The molecule has 120 valence electrons. The molecule has 0 aliphatic carbocycles. The maximum Gasteiger partial charge on any atom is 0.241 e. The Morgan fingerprint density at radius 2 is 2.04 bits per heavy atom. The average molecular weight is 309 g/mol. The highest BCUT2D eigenvalue weighted by atomic mass is 16.2. The second-order valence-corrected chi connectivity index (χ2v) is 6.60. The van der Waals surface area contributed by atoms with Gasteiger partial charge >= 0.3 is 0 Å².